The summed E-state index contributed by atoms with van der Waals surface area (Å²) in [7, 11) is 0. The lowest BCUT2D eigenvalue weighted by Gasteiger charge is -2.52. The van der Waals surface area contributed by atoms with Gasteiger partial charge >= 0.3 is 5.92 Å². The first kappa shape index (κ1) is 23.2. The molecular weight excluding hydrogens is 460 g/mol. The Hall–Kier alpha value is -2.98. The Morgan fingerprint density at radius 3 is 2.67 bits per heavy atom. The molecule has 0 amide bonds. The van der Waals surface area contributed by atoms with Crippen LogP contribution < -0.4 is 10.5 Å². The molecule has 1 saturated heterocycles. The van der Waals surface area contributed by atoms with Gasteiger partial charge in [0.15, 0.2) is 0 Å². The van der Waals surface area contributed by atoms with E-state index < -0.39 is 23.7 Å². The third-order valence-electron chi connectivity index (χ3n) is 5.94. The number of fused-ring (bicyclic) bond motifs is 2. The Morgan fingerprint density at radius 1 is 1.18 bits per heavy atom. The van der Waals surface area contributed by atoms with E-state index in [1.165, 1.54) is 6.20 Å². The van der Waals surface area contributed by atoms with Crippen LogP contribution in [-0.2, 0) is 19.9 Å². The predicted octanol–water partition coefficient (Wildman–Crippen LogP) is 3.61. The molecule has 0 bridgehead atoms. The Labute approximate surface area is 193 Å². The zero-order valence-corrected chi connectivity index (χ0v) is 18.2. The second-order valence-corrected chi connectivity index (χ2v) is 8.55. The number of aliphatic imine (C=N–C) groups is 1. The standard InChI is InChI=1S/C21H20ClF2N3O3.CH2O2/c22-15-6-14(8-26-9-15)13-2-3-17-16(7-13)20(21(23,24)11-27-18(25)30-20)10-19(29-17)4-1-5-28-12-19;2-1-3/h2-3,6-9H,1,4-5,10-12H2,(H2,25,27);1H,(H,2,3)/t19-,20+;/m0./s1. The van der Waals surface area contributed by atoms with E-state index in [1.807, 2.05) is 0 Å². The summed E-state index contributed by atoms with van der Waals surface area (Å²) >= 11 is 6.06. The van der Waals surface area contributed by atoms with Crippen molar-refractivity contribution in [2.24, 2.45) is 10.7 Å². The van der Waals surface area contributed by atoms with E-state index in [2.05, 4.69) is 9.98 Å². The van der Waals surface area contributed by atoms with Crippen LogP contribution in [0.15, 0.2) is 41.7 Å². The lowest BCUT2D eigenvalue weighted by molar-refractivity contribution is -0.227. The van der Waals surface area contributed by atoms with Crippen LogP contribution in [0.2, 0.25) is 5.02 Å². The van der Waals surface area contributed by atoms with Crippen molar-refractivity contribution >= 4 is 24.1 Å². The van der Waals surface area contributed by atoms with Crippen LogP contribution in [0.25, 0.3) is 11.1 Å². The number of hydrogen-bond donors (Lipinski definition) is 2. The molecule has 0 unspecified atom stereocenters. The van der Waals surface area contributed by atoms with Crippen molar-refractivity contribution in [3.05, 3.63) is 47.2 Å². The number of rotatable bonds is 1. The molecule has 4 heterocycles. The highest BCUT2D eigenvalue weighted by molar-refractivity contribution is 6.30. The van der Waals surface area contributed by atoms with E-state index in [1.54, 1.807) is 30.5 Å². The first-order valence-corrected chi connectivity index (χ1v) is 10.6. The third-order valence-corrected chi connectivity index (χ3v) is 6.15. The van der Waals surface area contributed by atoms with Crippen LogP contribution >= 0.6 is 11.6 Å². The molecule has 176 valence electrons. The van der Waals surface area contributed by atoms with Gasteiger partial charge in [0.05, 0.1) is 11.6 Å². The number of aromatic nitrogens is 1. The number of alkyl halides is 2. The number of pyridine rings is 1. The molecule has 0 aliphatic carbocycles. The van der Waals surface area contributed by atoms with Crippen LogP contribution in [-0.4, -0.2) is 53.9 Å². The highest BCUT2D eigenvalue weighted by atomic mass is 35.5. The van der Waals surface area contributed by atoms with Gasteiger partial charge in [0, 0.05) is 36.5 Å². The number of ether oxygens (including phenoxy) is 3. The molecule has 2 spiro atoms. The maximum absolute atomic E-state index is 15.5. The average Bonchev–Trinajstić information content (AvgIpc) is 2.78. The number of halogens is 3. The number of nitrogens with two attached hydrogens (primary N) is 1. The van der Waals surface area contributed by atoms with Crippen molar-refractivity contribution in [3.63, 3.8) is 0 Å². The van der Waals surface area contributed by atoms with E-state index in [9.17, 15) is 0 Å². The van der Waals surface area contributed by atoms with Crippen LogP contribution in [0, 0.1) is 0 Å². The van der Waals surface area contributed by atoms with Crippen LogP contribution in [0.5, 0.6) is 5.75 Å². The summed E-state index contributed by atoms with van der Waals surface area (Å²) in [5, 5.41) is 7.34. The molecule has 33 heavy (non-hydrogen) atoms. The number of amidine groups is 1. The van der Waals surface area contributed by atoms with E-state index in [4.69, 9.17) is 41.4 Å². The zero-order chi connectivity index (χ0) is 23.7. The molecule has 8 nitrogen and oxygen atoms in total. The van der Waals surface area contributed by atoms with Crippen molar-refractivity contribution in [1.82, 2.24) is 4.98 Å². The van der Waals surface area contributed by atoms with Gasteiger partial charge in [0.1, 0.15) is 17.9 Å². The maximum Gasteiger partial charge on any atom is 0.310 e. The highest BCUT2D eigenvalue weighted by Crippen LogP contribution is 2.56. The normalized spacial score (nSPS) is 27.3. The van der Waals surface area contributed by atoms with Crippen LogP contribution in [0.3, 0.4) is 0 Å². The minimum Gasteiger partial charge on any atom is -0.484 e. The molecule has 3 aliphatic rings. The van der Waals surface area contributed by atoms with Gasteiger partial charge in [-0.1, -0.05) is 17.7 Å². The van der Waals surface area contributed by atoms with Gasteiger partial charge in [0.2, 0.25) is 5.60 Å². The number of hydrogen-bond acceptors (Lipinski definition) is 7. The summed E-state index contributed by atoms with van der Waals surface area (Å²) in [4.78, 5) is 16.1. The van der Waals surface area contributed by atoms with E-state index in [-0.39, 0.29) is 31.1 Å². The van der Waals surface area contributed by atoms with Crippen molar-refractivity contribution in [3.8, 4) is 16.9 Å². The molecule has 1 fully saturated rings. The topological polar surface area (TPSA) is 116 Å². The van der Waals surface area contributed by atoms with Crippen molar-refractivity contribution in [1.29, 1.82) is 0 Å². The van der Waals surface area contributed by atoms with Crippen molar-refractivity contribution in [2.75, 3.05) is 19.8 Å². The van der Waals surface area contributed by atoms with Crippen LogP contribution in [0.4, 0.5) is 8.78 Å². The SMILES string of the molecule is NC1=NCC(F)(F)[C@]2(C[C@]3(CCCOC3)Oc3ccc(-c4cncc(Cl)c4)cc32)O1.O=CO. The summed E-state index contributed by atoms with van der Waals surface area (Å²) in [6, 6.07) is 6.59. The summed E-state index contributed by atoms with van der Waals surface area (Å²) in [6.07, 6.45) is 4.34. The largest absolute Gasteiger partial charge is 0.484 e. The summed E-state index contributed by atoms with van der Waals surface area (Å²) in [5.41, 5.74) is 4.49. The van der Waals surface area contributed by atoms with Crippen LogP contribution in [0.1, 0.15) is 24.8 Å². The fraction of sp³-hybridized carbons (Fsp3) is 0.409. The van der Waals surface area contributed by atoms with Gasteiger partial charge in [-0.05, 0) is 36.6 Å². The Bertz CT molecular complexity index is 1080. The van der Waals surface area contributed by atoms with E-state index >= 15 is 8.78 Å². The maximum atomic E-state index is 15.5. The molecule has 11 heteroatoms. The Kier molecular flexibility index (Phi) is 6.15. The molecule has 2 aromatic rings. The molecule has 3 N–H and O–H groups in total. The van der Waals surface area contributed by atoms with Gasteiger partial charge in [-0.3, -0.25) is 9.78 Å². The van der Waals surface area contributed by atoms with E-state index in [0.717, 1.165) is 0 Å². The number of nitrogens with zero attached hydrogens (tertiary/aromatic N) is 2. The summed E-state index contributed by atoms with van der Waals surface area (Å²) in [6.45, 7) is -0.213. The molecule has 0 radical (unpaired) electrons. The molecular formula is C22H22ClF2N3O5. The summed E-state index contributed by atoms with van der Waals surface area (Å²) < 4.78 is 48.6. The van der Waals surface area contributed by atoms with E-state index in [0.29, 0.717) is 41.3 Å². The highest BCUT2D eigenvalue weighted by Gasteiger charge is 2.66. The number of benzene rings is 1. The molecule has 1 aromatic carbocycles. The van der Waals surface area contributed by atoms with Gasteiger partial charge < -0.3 is 25.1 Å². The molecule has 5 rings (SSSR count). The Morgan fingerprint density at radius 2 is 1.97 bits per heavy atom. The third kappa shape index (κ3) is 4.20. The van der Waals surface area contributed by atoms with Gasteiger partial charge in [0.25, 0.3) is 12.5 Å². The molecule has 3 aliphatic heterocycles. The van der Waals surface area contributed by atoms with Gasteiger partial charge in [-0.2, -0.15) is 8.78 Å². The second kappa shape index (κ2) is 8.75. The van der Waals surface area contributed by atoms with Gasteiger partial charge in [-0.15, -0.1) is 0 Å². The average molecular weight is 482 g/mol. The van der Waals surface area contributed by atoms with Crippen molar-refractivity contribution < 1.29 is 32.9 Å². The minimum absolute atomic E-state index is 0.0898. The molecule has 2 atom stereocenters. The van der Waals surface area contributed by atoms with Gasteiger partial charge in [-0.25, -0.2) is 4.99 Å². The fourth-order valence-corrected chi connectivity index (χ4v) is 4.73. The Balaban J connectivity index is 0.000000821. The first-order valence-electron chi connectivity index (χ1n) is 10.2. The fourth-order valence-electron chi connectivity index (χ4n) is 4.56. The predicted molar refractivity (Wildman–Crippen MR) is 116 cm³/mol. The number of carboxylic acid groups (broad SMARTS) is 1. The monoisotopic (exact) mass is 481 g/mol. The quantitative estimate of drug-likeness (QED) is 0.597. The minimum atomic E-state index is -3.29. The second-order valence-electron chi connectivity index (χ2n) is 8.11. The number of carbonyl (C=O) groups is 1. The zero-order valence-electron chi connectivity index (χ0n) is 17.5. The van der Waals surface area contributed by atoms with Crippen molar-refractivity contribution in [2.45, 2.75) is 36.4 Å². The first-order chi connectivity index (χ1) is 15.7. The summed E-state index contributed by atoms with van der Waals surface area (Å²) in [5.74, 6) is -2.95. The smallest absolute Gasteiger partial charge is 0.310 e. The lowest BCUT2D eigenvalue weighted by atomic mass is 9.72. The molecule has 1 aromatic heterocycles. The molecule has 0 saturated carbocycles. The lowest BCUT2D eigenvalue weighted by Crippen LogP contribution is -2.63.